The van der Waals surface area contributed by atoms with E-state index in [1.54, 1.807) is 18.2 Å². The first kappa shape index (κ1) is 13.8. The van der Waals surface area contributed by atoms with Crippen molar-refractivity contribution in [2.45, 2.75) is 6.61 Å². The second-order valence-corrected chi connectivity index (χ2v) is 3.98. The largest absolute Gasteiger partial charge is 0.494 e. The van der Waals surface area contributed by atoms with Crippen LogP contribution in [-0.4, -0.2) is 12.0 Å². The van der Waals surface area contributed by atoms with E-state index in [9.17, 15) is 14.5 Å². The Kier molecular flexibility index (Phi) is 4.14. The Bertz CT molecular complexity index is 630. The number of para-hydroxylation sites is 2. The maximum atomic E-state index is 13.5. The highest BCUT2D eigenvalue weighted by atomic mass is 19.1. The molecule has 0 bridgehead atoms. The van der Waals surface area contributed by atoms with E-state index in [-0.39, 0.29) is 23.8 Å². The Balaban J connectivity index is 2.13. The summed E-state index contributed by atoms with van der Waals surface area (Å²) in [6.45, 7) is 0.0335. The van der Waals surface area contributed by atoms with Gasteiger partial charge in [0.25, 0.3) is 0 Å². The zero-order valence-electron chi connectivity index (χ0n) is 10.7. The van der Waals surface area contributed by atoms with E-state index in [2.05, 4.69) is 0 Å². The molecule has 0 spiro atoms. The fraction of sp³-hybridized carbons (Fsp3) is 0.143. The number of methoxy groups -OCH3 is 1. The average molecular weight is 277 g/mol. The minimum atomic E-state index is -0.524. The van der Waals surface area contributed by atoms with Gasteiger partial charge in [-0.05, 0) is 23.8 Å². The maximum Gasteiger partial charge on any atom is 0.310 e. The van der Waals surface area contributed by atoms with Crippen LogP contribution in [0.15, 0.2) is 42.5 Å². The molecule has 0 unspecified atom stereocenters. The van der Waals surface area contributed by atoms with Gasteiger partial charge in [-0.3, -0.25) is 10.1 Å². The van der Waals surface area contributed by atoms with Crippen molar-refractivity contribution < 1.29 is 18.8 Å². The lowest BCUT2D eigenvalue weighted by atomic mass is 10.2. The molecule has 5 nitrogen and oxygen atoms in total. The van der Waals surface area contributed by atoms with Crippen LogP contribution in [0.2, 0.25) is 0 Å². The molecule has 2 aromatic rings. The number of hydrogen-bond donors (Lipinski definition) is 0. The number of nitrogens with zero attached hydrogens (tertiary/aromatic N) is 1. The highest BCUT2D eigenvalue weighted by molar-refractivity contribution is 5.45. The molecule has 0 saturated carbocycles. The van der Waals surface area contributed by atoms with E-state index in [0.29, 0.717) is 5.56 Å². The van der Waals surface area contributed by atoms with Crippen LogP contribution in [0.5, 0.6) is 11.5 Å². The fourth-order valence-corrected chi connectivity index (χ4v) is 1.69. The van der Waals surface area contributed by atoms with Crippen LogP contribution in [0.25, 0.3) is 0 Å². The van der Waals surface area contributed by atoms with Gasteiger partial charge in [0.1, 0.15) is 6.61 Å². The topological polar surface area (TPSA) is 61.6 Å². The van der Waals surface area contributed by atoms with Gasteiger partial charge in [0, 0.05) is 6.07 Å². The molecule has 0 aliphatic carbocycles. The summed E-state index contributed by atoms with van der Waals surface area (Å²) in [5, 5.41) is 10.8. The van der Waals surface area contributed by atoms with Crippen molar-refractivity contribution in [3.63, 3.8) is 0 Å². The second-order valence-electron chi connectivity index (χ2n) is 3.98. The van der Waals surface area contributed by atoms with E-state index in [4.69, 9.17) is 9.47 Å². The standard InChI is InChI=1S/C14H12FNO4/c1-19-13-7-6-10(8-11(13)15)9-20-14-5-3-2-4-12(14)16(17)18/h2-8H,9H2,1H3. The molecule has 0 saturated heterocycles. The number of nitro benzene ring substituents is 1. The third-order valence-electron chi connectivity index (χ3n) is 2.67. The lowest BCUT2D eigenvalue weighted by Crippen LogP contribution is -2.00. The molecule has 104 valence electrons. The minimum absolute atomic E-state index is 0.0335. The van der Waals surface area contributed by atoms with Gasteiger partial charge in [-0.25, -0.2) is 4.39 Å². The Morgan fingerprint density at radius 3 is 2.60 bits per heavy atom. The Morgan fingerprint density at radius 1 is 1.20 bits per heavy atom. The van der Waals surface area contributed by atoms with Crippen molar-refractivity contribution in [2.75, 3.05) is 7.11 Å². The molecule has 6 heteroatoms. The lowest BCUT2D eigenvalue weighted by molar-refractivity contribution is -0.385. The highest BCUT2D eigenvalue weighted by Gasteiger charge is 2.13. The van der Waals surface area contributed by atoms with Gasteiger partial charge in [-0.2, -0.15) is 0 Å². The highest BCUT2D eigenvalue weighted by Crippen LogP contribution is 2.27. The third-order valence-corrected chi connectivity index (χ3v) is 2.67. The Labute approximate surface area is 114 Å². The molecule has 0 radical (unpaired) electrons. The number of hydrogen-bond acceptors (Lipinski definition) is 4. The van der Waals surface area contributed by atoms with Gasteiger partial charge in [0.2, 0.25) is 0 Å². The van der Waals surface area contributed by atoms with E-state index in [0.717, 1.165) is 0 Å². The summed E-state index contributed by atoms with van der Waals surface area (Å²) < 4.78 is 23.7. The normalized spacial score (nSPS) is 10.1. The van der Waals surface area contributed by atoms with Crippen LogP contribution >= 0.6 is 0 Å². The van der Waals surface area contributed by atoms with Crippen LogP contribution in [-0.2, 0) is 6.61 Å². The fourth-order valence-electron chi connectivity index (χ4n) is 1.69. The molecule has 0 amide bonds. The van der Waals surface area contributed by atoms with E-state index in [1.807, 2.05) is 0 Å². The molecule has 2 aromatic carbocycles. The zero-order chi connectivity index (χ0) is 14.5. The van der Waals surface area contributed by atoms with Gasteiger partial charge in [0.05, 0.1) is 12.0 Å². The number of rotatable bonds is 5. The van der Waals surface area contributed by atoms with Crippen LogP contribution < -0.4 is 9.47 Å². The van der Waals surface area contributed by atoms with Crippen molar-refractivity contribution in [3.8, 4) is 11.5 Å². The summed E-state index contributed by atoms with van der Waals surface area (Å²) in [6.07, 6.45) is 0. The van der Waals surface area contributed by atoms with Crippen molar-refractivity contribution in [1.82, 2.24) is 0 Å². The van der Waals surface area contributed by atoms with Crippen LogP contribution in [0.3, 0.4) is 0 Å². The third kappa shape index (κ3) is 3.03. The van der Waals surface area contributed by atoms with Gasteiger partial charge in [-0.1, -0.05) is 18.2 Å². The van der Waals surface area contributed by atoms with Gasteiger partial charge in [0.15, 0.2) is 17.3 Å². The number of nitro groups is 1. The molecule has 0 N–H and O–H groups in total. The smallest absolute Gasteiger partial charge is 0.310 e. The molecular weight excluding hydrogens is 265 g/mol. The van der Waals surface area contributed by atoms with Crippen LogP contribution in [0.4, 0.5) is 10.1 Å². The molecule has 0 atom stereocenters. The second kappa shape index (κ2) is 6.01. The predicted octanol–water partition coefficient (Wildman–Crippen LogP) is 3.32. The summed E-state index contributed by atoms with van der Waals surface area (Å²) >= 11 is 0. The van der Waals surface area contributed by atoms with E-state index < -0.39 is 10.7 Å². The molecule has 0 aromatic heterocycles. The summed E-state index contributed by atoms with van der Waals surface area (Å²) in [5.41, 5.74) is 0.433. The van der Waals surface area contributed by atoms with Gasteiger partial charge >= 0.3 is 5.69 Å². The van der Waals surface area contributed by atoms with E-state index >= 15 is 0 Å². The lowest BCUT2D eigenvalue weighted by Gasteiger charge is -2.08. The molecule has 2 rings (SSSR count). The number of ether oxygens (including phenoxy) is 2. The minimum Gasteiger partial charge on any atom is -0.494 e. The summed E-state index contributed by atoms with van der Waals surface area (Å²) in [4.78, 5) is 10.3. The Morgan fingerprint density at radius 2 is 1.95 bits per heavy atom. The maximum absolute atomic E-state index is 13.5. The van der Waals surface area contributed by atoms with Crippen LogP contribution in [0.1, 0.15) is 5.56 Å². The average Bonchev–Trinajstić information content (AvgIpc) is 2.45. The summed E-state index contributed by atoms with van der Waals surface area (Å²) in [6, 6.07) is 10.4. The summed E-state index contributed by atoms with van der Waals surface area (Å²) in [5.74, 6) is -0.218. The van der Waals surface area contributed by atoms with Crippen molar-refractivity contribution >= 4 is 5.69 Å². The molecule has 0 fully saturated rings. The monoisotopic (exact) mass is 277 g/mol. The number of halogens is 1. The van der Waals surface area contributed by atoms with Gasteiger partial charge < -0.3 is 9.47 Å². The first-order valence-electron chi connectivity index (χ1n) is 5.80. The molecule has 20 heavy (non-hydrogen) atoms. The quantitative estimate of drug-likeness (QED) is 0.621. The molecular formula is C14H12FNO4. The zero-order valence-corrected chi connectivity index (χ0v) is 10.7. The van der Waals surface area contributed by atoms with Gasteiger partial charge in [-0.15, -0.1) is 0 Å². The van der Waals surface area contributed by atoms with Crippen molar-refractivity contribution in [1.29, 1.82) is 0 Å². The molecule has 0 aliphatic rings. The Hall–Kier alpha value is -2.63. The van der Waals surface area contributed by atoms with Crippen molar-refractivity contribution in [3.05, 3.63) is 64.0 Å². The summed E-state index contributed by atoms with van der Waals surface area (Å²) in [7, 11) is 1.38. The molecule has 0 heterocycles. The van der Waals surface area contributed by atoms with Crippen LogP contribution in [0, 0.1) is 15.9 Å². The molecule has 0 aliphatic heterocycles. The van der Waals surface area contributed by atoms with E-state index in [1.165, 1.54) is 31.4 Å². The first-order valence-corrected chi connectivity index (χ1v) is 5.80. The SMILES string of the molecule is COc1ccc(COc2ccccc2[N+](=O)[O-])cc1F. The first-order chi connectivity index (χ1) is 9.61. The number of benzene rings is 2. The predicted molar refractivity (Wildman–Crippen MR) is 70.4 cm³/mol. The van der Waals surface area contributed by atoms with Crippen molar-refractivity contribution in [2.24, 2.45) is 0 Å².